The lowest BCUT2D eigenvalue weighted by Crippen LogP contribution is -2.09. The highest BCUT2D eigenvalue weighted by atomic mass is 32.2. The van der Waals surface area contributed by atoms with E-state index in [1.54, 1.807) is 60.7 Å². The fourth-order valence-corrected chi connectivity index (χ4v) is 4.73. The minimum atomic E-state index is -3.82. The average Bonchev–Trinajstić information content (AvgIpc) is 2.79. The molecule has 0 aliphatic carbocycles. The first-order valence-corrected chi connectivity index (χ1v) is 11.3. The van der Waals surface area contributed by atoms with Crippen molar-refractivity contribution < 1.29 is 17.5 Å². The number of nitrogens with zero attached hydrogens (tertiary/aromatic N) is 1. The zero-order chi connectivity index (χ0) is 21.8. The van der Waals surface area contributed by atoms with Crippen LogP contribution in [-0.4, -0.2) is 20.0 Å². The summed E-state index contributed by atoms with van der Waals surface area (Å²) in [6.07, 6.45) is 1.37. The molecule has 0 fully saturated rings. The first kappa shape index (κ1) is 20.8. The first-order chi connectivity index (χ1) is 15.0. The zero-order valence-electron chi connectivity index (χ0n) is 16.9. The van der Waals surface area contributed by atoms with Gasteiger partial charge < -0.3 is 10.1 Å². The van der Waals surface area contributed by atoms with Gasteiger partial charge in [-0.25, -0.2) is 12.8 Å². The Morgan fingerprint density at radius 1 is 1.00 bits per heavy atom. The van der Waals surface area contributed by atoms with Crippen LogP contribution in [0.3, 0.4) is 0 Å². The van der Waals surface area contributed by atoms with Crippen molar-refractivity contribution in [3.05, 3.63) is 90.4 Å². The molecule has 7 heteroatoms. The largest absolute Gasteiger partial charge is 0.494 e. The number of nitrogens with one attached hydrogen (secondary N) is 1. The Morgan fingerprint density at radius 3 is 2.45 bits per heavy atom. The zero-order valence-corrected chi connectivity index (χ0v) is 17.7. The molecule has 0 amide bonds. The summed E-state index contributed by atoms with van der Waals surface area (Å²) >= 11 is 0. The molecule has 3 aromatic carbocycles. The molecule has 1 N–H and O–H groups in total. The van der Waals surface area contributed by atoms with E-state index in [4.69, 9.17) is 4.74 Å². The Labute approximate surface area is 180 Å². The van der Waals surface area contributed by atoms with Gasteiger partial charge in [0.15, 0.2) is 0 Å². The molecule has 0 saturated carbocycles. The molecule has 0 atom stereocenters. The third-order valence-corrected chi connectivity index (χ3v) is 6.62. The summed E-state index contributed by atoms with van der Waals surface area (Å²) in [5.41, 5.74) is 1.88. The van der Waals surface area contributed by atoms with Crippen LogP contribution >= 0.6 is 0 Å². The maximum absolute atomic E-state index is 13.4. The molecule has 31 heavy (non-hydrogen) atoms. The minimum absolute atomic E-state index is 0.0713. The number of aromatic nitrogens is 1. The maximum atomic E-state index is 13.4. The quantitative estimate of drug-likeness (QED) is 0.430. The number of sulfone groups is 1. The molecule has 5 nitrogen and oxygen atoms in total. The van der Waals surface area contributed by atoms with Gasteiger partial charge in [-0.05, 0) is 55.0 Å². The summed E-state index contributed by atoms with van der Waals surface area (Å²) < 4.78 is 45.7. The monoisotopic (exact) mass is 436 g/mol. The van der Waals surface area contributed by atoms with Crippen molar-refractivity contribution in [3.63, 3.8) is 0 Å². The molecule has 4 rings (SSSR count). The smallest absolute Gasteiger partial charge is 0.210 e. The van der Waals surface area contributed by atoms with Crippen molar-refractivity contribution in [3.8, 4) is 5.75 Å². The molecule has 0 bridgehead atoms. The fourth-order valence-electron chi connectivity index (χ4n) is 3.32. The van der Waals surface area contributed by atoms with Crippen LogP contribution in [0.25, 0.3) is 10.9 Å². The second-order valence-corrected chi connectivity index (χ2v) is 8.82. The topological polar surface area (TPSA) is 68.3 Å². The minimum Gasteiger partial charge on any atom is -0.494 e. The lowest BCUT2D eigenvalue weighted by atomic mass is 10.1. The average molecular weight is 437 g/mol. The van der Waals surface area contributed by atoms with E-state index in [1.807, 2.05) is 6.92 Å². The van der Waals surface area contributed by atoms with Crippen LogP contribution < -0.4 is 10.1 Å². The molecule has 0 radical (unpaired) electrons. The van der Waals surface area contributed by atoms with Gasteiger partial charge in [-0.2, -0.15) is 0 Å². The summed E-state index contributed by atoms with van der Waals surface area (Å²) in [6.45, 7) is 2.68. The van der Waals surface area contributed by atoms with E-state index in [0.717, 1.165) is 5.56 Å². The van der Waals surface area contributed by atoms with Crippen LogP contribution in [0.5, 0.6) is 5.75 Å². The number of pyridine rings is 1. The Kier molecular flexibility index (Phi) is 5.86. The van der Waals surface area contributed by atoms with Crippen molar-refractivity contribution in [2.45, 2.75) is 23.3 Å². The number of halogens is 1. The van der Waals surface area contributed by atoms with E-state index < -0.39 is 9.84 Å². The number of benzene rings is 3. The normalized spacial score (nSPS) is 11.4. The molecule has 0 aliphatic heterocycles. The van der Waals surface area contributed by atoms with Gasteiger partial charge in [0.1, 0.15) is 16.5 Å². The van der Waals surface area contributed by atoms with Crippen LogP contribution in [0.1, 0.15) is 12.5 Å². The molecule has 0 saturated heterocycles. The van der Waals surface area contributed by atoms with Gasteiger partial charge in [-0.15, -0.1) is 0 Å². The number of fused-ring (bicyclic) bond motifs is 1. The van der Waals surface area contributed by atoms with Gasteiger partial charge >= 0.3 is 0 Å². The molecule has 0 aliphatic rings. The molecule has 158 valence electrons. The molecule has 4 aromatic rings. The van der Waals surface area contributed by atoms with Crippen molar-refractivity contribution in [2.24, 2.45) is 0 Å². The Hall–Kier alpha value is -3.45. The standard InChI is InChI=1S/C24H21FN2O3S/c1-2-30-19-12-13-22-21(14-19)24(27-15-17-8-10-18(25)11-9-17)23(16-26-22)31(28,29)20-6-4-3-5-7-20/h3-14,16H,2,15H2,1H3,(H,26,27). The Bertz CT molecular complexity index is 1310. The number of hydrogen-bond acceptors (Lipinski definition) is 5. The Morgan fingerprint density at radius 2 is 1.74 bits per heavy atom. The van der Waals surface area contributed by atoms with Crippen molar-refractivity contribution in [1.29, 1.82) is 0 Å². The van der Waals surface area contributed by atoms with E-state index in [0.29, 0.717) is 35.5 Å². The fraction of sp³-hybridized carbons (Fsp3) is 0.125. The summed E-state index contributed by atoms with van der Waals surface area (Å²) in [5.74, 6) is 0.294. The molecular formula is C24H21FN2O3S. The van der Waals surface area contributed by atoms with Crippen molar-refractivity contribution >= 4 is 26.4 Å². The van der Waals surface area contributed by atoms with Gasteiger partial charge in [0.25, 0.3) is 0 Å². The molecule has 0 unspecified atom stereocenters. The third-order valence-electron chi connectivity index (χ3n) is 4.84. The van der Waals surface area contributed by atoms with Gasteiger partial charge in [-0.1, -0.05) is 30.3 Å². The van der Waals surface area contributed by atoms with Gasteiger partial charge in [0, 0.05) is 18.1 Å². The summed E-state index contributed by atoms with van der Waals surface area (Å²) in [4.78, 5) is 4.63. The highest BCUT2D eigenvalue weighted by Crippen LogP contribution is 2.35. The molecule has 1 aromatic heterocycles. The summed E-state index contributed by atoms with van der Waals surface area (Å²) in [7, 11) is -3.82. The Balaban J connectivity index is 1.86. The number of rotatable bonds is 7. The van der Waals surface area contributed by atoms with E-state index in [2.05, 4.69) is 10.3 Å². The van der Waals surface area contributed by atoms with Crippen molar-refractivity contribution in [1.82, 2.24) is 4.98 Å². The number of ether oxygens (including phenoxy) is 1. The van der Waals surface area contributed by atoms with Crippen LogP contribution in [0, 0.1) is 5.82 Å². The van der Waals surface area contributed by atoms with Gasteiger partial charge in [0.2, 0.25) is 9.84 Å². The van der Waals surface area contributed by atoms with E-state index in [-0.39, 0.29) is 15.6 Å². The van der Waals surface area contributed by atoms with Crippen LogP contribution in [0.4, 0.5) is 10.1 Å². The molecular weight excluding hydrogens is 415 g/mol. The van der Waals surface area contributed by atoms with E-state index in [1.165, 1.54) is 18.3 Å². The second kappa shape index (κ2) is 8.73. The second-order valence-electron chi connectivity index (χ2n) is 6.91. The third kappa shape index (κ3) is 4.36. The first-order valence-electron chi connectivity index (χ1n) is 9.83. The summed E-state index contributed by atoms with van der Waals surface area (Å²) in [6, 6.07) is 19.7. The van der Waals surface area contributed by atoms with Crippen LogP contribution in [-0.2, 0) is 16.4 Å². The van der Waals surface area contributed by atoms with Crippen molar-refractivity contribution in [2.75, 3.05) is 11.9 Å². The predicted molar refractivity (Wildman–Crippen MR) is 119 cm³/mol. The van der Waals surface area contributed by atoms with Crippen LogP contribution in [0.2, 0.25) is 0 Å². The van der Waals surface area contributed by atoms with Crippen LogP contribution in [0.15, 0.2) is 88.8 Å². The van der Waals surface area contributed by atoms with E-state index >= 15 is 0 Å². The lowest BCUT2D eigenvalue weighted by molar-refractivity contribution is 0.340. The highest BCUT2D eigenvalue weighted by Gasteiger charge is 2.24. The highest BCUT2D eigenvalue weighted by molar-refractivity contribution is 7.91. The molecule has 1 heterocycles. The lowest BCUT2D eigenvalue weighted by Gasteiger charge is -2.16. The summed E-state index contributed by atoms with van der Waals surface area (Å²) in [5, 5.41) is 3.87. The molecule has 0 spiro atoms. The van der Waals surface area contributed by atoms with E-state index in [9.17, 15) is 12.8 Å². The maximum Gasteiger partial charge on any atom is 0.210 e. The number of anilines is 1. The SMILES string of the molecule is CCOc1ccc2ncc(S(=O)(=O)c3ccccc3)c(NCc3ccc(F)cc3)c2c1. The van der Waals surface area contributed by atoms with Gasteiger partial charge in [-0.3, -0.25) is 4.98 Å². The number of hydrogen-bond donors (Lipinski definition) is 1. The van der Waals surface area contributed by atoms with Gasteiger partial charge in [0.05, 0.1) is 22.7 Å². The predicted octanol–water partition coefficient (Wildman–Crippen LogP) is 5.22.